The van der Waals surface area contributed by atoms with Gasteiger partial charge in [0.2, 0.25) is 0 Å². The number of aromatic nitrogens is 1. The summed E-state index contributed by atoms with van der Waals surface area (Å²) in [7, 11) is 0. The van der Waals surface area contributed by atoms with E-state index in [2.05, 4.69) is 18.0 Å². The number of carbonyl (C=O) groups excluding carboxylic acids is 1. The van der Waals surface area contributed by atoms with Crippen molar-refractivity contribution >= 4 is 5.91 Å². The highest BCUT2D eigenvalue weighted by Crippen LogP contribution is 2.13. The fraction of sp³-hybridized carbons (Fsp3) is 0.368. The van der Waals surface area contributed by atoms with E-state index in [1.165, 1.54) is 11.1 Å². The van der Waals surface area contributed by atoms with Crippen LogP contribution in [-0.2, 0) is 17.6 Å². The van der Waals surface area contributed by atoms with Gasteiger partial charge >= 0.3 is 0 Å². The smallest absolute Gasteiger partial charge is 0.260 e. The predicted molar refractivity (Wildman–Crippen MR) is 91.5 cm³/mol. The SMILES string of the molecule is CCc1cccc(OCC(=O)N(CC)CCc2ccncc2)c1. The van der Waals surface area contributed by atoms with Gasteiger partial charge in [0.1, 0.15) is 5.75 Å². The molecule has 0 bridgehead atoms. The highest BCUT2D eigenvalue weighted by Gasteiger charge is 2.12. The Morgan fingerprint density at radius 3 is 2.61 bits per heavy atom. The lowest BCUT2D eigenvalue weighted by Crippen LogP contribution is -2.36. The minimum absolute atomic E-state index is 0.0171. The number of likely N-dealkylation sites (N-methyl/N-ethyl adjacent to an activating group) is 1. The minimum atomic E-state index is 0.0171. The Bertz CT molecular complexity index is 614. The summed E-state index contributed by atoms with van der Waals surface area (Å²) in [5.41, 5.74) is 2.39. The molecule has 1 heterocycles. The van der Waals surface area contributed by atoms with E-state index in [4.69, 9.17) is 4.74 Å². The van der Waals surface area contributed by atoms with Gasteiger partial charge in [-0.3, -0.25) is 9.78 Å². The van der Waals surface area contributed by atoms with E-state index < -0.39 is 0 Å². The van der Waals surface area contributed by atoms with E-state index in [9.17, 15) is 4.79 Å². The van der Waals surface area contributed by atoms with Crippen LogP contribution in [0.1, 0.15) is 25.0 Å². The van der Waals surface area contributed by atoms with E-state index in [0.717, 1.165) is 18.6 Å². The molecule has 1 aromatic carbocycles. The molecule has 1 aromatic heterocycles. The summed E-state index contributed by atoms with van der Waals surface area (Å²) in [4.78, 5) is 18.1. The van der Waals surface area contributed by atoms with E-state index in [1.54, 1.807) is 12.4 Å². The van der Waals surface area contributed by atoms with Crippen LogP contribution in [0.4, 0.5) is 0 Å². The summed E-state index contributed by atoms with van der Waals surface area (Å²) >= 11 is 0. The Labute approximate surface area is 138 Å². The summed E-state index contributed by atoms with van der Waals surface area (Å²) in [5.74, 6) is 0.770. The Balaban J connectivity index is 1.84. The molecule has 2 aromatic rings. The van der Waals surface area contributed by atoms with Crippen LogP contribution >= 0.6 is 0 Å². The lowest BCUT2D eigenvalue weighted by molar-refractivity contribution is -0.133. The second-order valence-electron chi connectivity index (χ2n) is 5.37. The summed E-state index contributed by atoms with van der Waals surface area (Å²) in [5, 5.41) is 0. The number of pyridine rings is 1. The topological polar surface area (TPSA) is 42.4 Å². The van der Waals surface area contributed by atoms with Crippen molar-refractivity contribution in [3.63, 3.8) is 0 Å². The number of aryl methyl sites for hydroxylation is 1. The first-order valence-electron chi connectivity index (χ1n) is 8.11. The first-order valence-corrected chi connectivity index (χ1v) is 8.11. The molecule has 0 atom stereocenters. The van der Waals surface area contributed by atoms with E-state index in [-0.39, 0.29) is 12.5 Å². The van der Waals surface area contributed by atoms with Crippen LogP contribution in [0.5, 0.6) is 5.75 Å². The maximum Gasteiger partial charge on any atom is 0.260 e. The van der Waals surface area contributed by atoms with Gasteiger partial charge in [-0.15, -0.1) is 0 Å². The number of amides is 1. The molecule has 0 N–H and O–H groups in total. The molecule has 0 radical (unpaired) electrons. The Kier molecular flexibility index (Phi) is 6.60. The normalized spacial score (nSPS) is 10.3. The number of hydrogen-bond acceptors (Lipinski definition) is 3. The number of nitrogens with zero attached hydrogens (tertiary/aromatic N) is 2. The van der Waals surface area contributed by atoms with E-state index in [1.807, 2.05) is 42.2 Å². The Hall–Kier alpha value is -2.36. The van der Waals surface area contributed by atoms with Crippen LogP contribution in [0.2, 0.25) is 0 Å². The van der Waals surface area contributed by atoms with Gasteiger partial charge in [0.25, 0.3) is 5.91 Å². The van der Waals surface area contributed by atoms with Crippen LogP contribution in [0.15, 0.2) is 48.8 Å². The first-order chi connectivity index (χ1) is 11.2. The molecule has 4 nitrogen and oxygen atoms in total. The Morgan fingerprint density at radius 2 is 1.91 bits per heavy atom. The summed E-state index contributed by atoms with van der Waals surface area (Å²) in [6, 6.07) is 11.8. The van der Waals surface area contributed by atoms with Crippen LogP contribution < -0.4 is 4.74 Å². The standard InChI is InChI=1S/C19H24N2O2/c1-3-16-6-5-7-18(14-16)23-15-19(22)21(4-2)13-10-17-8-11-20-12-9-17/h5-9,11-12,14H,3-4,10,13,15H2,1-2H3. The summed E-state index contributed by atoms with van der Waals surface area (Å²) in [6.45, 7) is 5.54. The Morgan fingerprint density at radius 1 is 1.13 bits per heavy atom. The third-order valence-corrected chi connectivity index (χ3v) is 3.82. The van der Waals surface area contributed by atoms with Crippen molar-refractivity contribution in [1.82, 2.24) is 9.88 Å². The maximum atomic E-state index is 12.3. The molecule has 0 spiro atoms. The molecule has 23 heavy (non-hydrogen) atoms. The zero-order valence-corrected chi connectivity index (χ0v) is 13.9. The lowest BCUT2D eigenvalue weighted by atomic mass is 10.2. The molecule has 0 saturated carbocycles. The molecule has 4 heteroatoms. The van der Waals surface area contributed by atoms with E-state index in [0.29, 0.717) is 13.1 Å². The lowest BCUT2D eigenvalue weighted by Gasteiger charge is -2.21. The van der Waals surface area contributed by atoms with Gasteiger partial charge in [-0.2, -0.15) is 0 Å². The molecule has 1 amide bonds. The van der Waals surface area contributed by atoms with Crippen molar-refractivity contribution in [2.75, 3.05) is 19.7 Å². The third kappa shape index (κ3) is 5.40. The molecule has 0 unspecified atom stereocenters. The number of rotatable bonds is 8. The van der Waals surface area contributed by atoms with Crippen molar-refractivity contribution < 1.29 is 9.53 Å². The molecule has 0 aliphatic heterocycles. The predicted octanol–water partition coefficient (Wildman–Crippen LogP) is 3.11. The number of carbonyl (C=O) groups is 1. The van der Waals surface area contributed by atoms with Gasteiger partial charge in [0.05, 0.1) is 0 Å². The molecular weight excluding hydrogens is 288 g/mol. The largest absolute Gasteiger partial charge is 0.484 e. The second kappa shape index (κ2) is 8.93. The first kappa shape index (κ1) is 17.0. The number of benzene rings is 1. The fourth-order valence-corrected chi connectivity index (χ4v) is 2.36. The average Bonchev–Trinajstić information content (AvgIpc) is 2.61. The van der Waals surface area contributed by atoms with Gasteiger partial charge in [-0.05, 0) is 55.2 Å². The van der Waals surface area contributed by atoms with Gasteiger partial charge in [0.15, 0.2) is 6.61 Å². The zero-order valence-electron chi connectivity index (χ0n) is 13.9. The zero-order chi connectivity index (χ0) is 16.5. The van der Waals surface area contributed by atoms with Crippen LogP contribution in [-0.4, -0.2) is 35.5 Å². The van der Waals surface area contributed by atoms with Gasteiger partial charge in [-0.25, -0.2) is 0 Å². The van der Waals surface area contributed by atoms with Gasteiger partial charge in [-0.1, -0.05) is 19.1 Å². The molecular formula is C19H24N2O2. The molecule has 2 rings (SSSR count). The van der Waals surface area contributed by atoms with Crippen LogP contribution in [0.25, 0.3) is 0 Å². The number of hydrogen-bond donors (Lipinski definition) is 0. The van der Waals surface area contributed by atoms with Gasteiger partial charge in [0, 0.05) is 25.5 Å². The van der Waals surface area contributed by atoms with Crippen molar-refractivity contribution in [3.8, 4) is 5.75 Å². The third-order valence-electron chi connectivity index (χ3n) is 3.82. The minimum Gasteiger partial charge on any atom is -0.484 e. The maximum absolute atomic E-state index is 12.3. The highest BCUT2D eigenvalue weighted by molar-refractivity contribution is 5.77. The molecule has 0 fully saturated rings. The van der Waals surface area contributed by atoms with Crippen molar-refractivity contribution in [3.05, 3.63) is 59.9 Å². The van der Waals surface area contributed by atoms with Crippen molar-refractivity contribution in [2.45, 2.75) is 26.7 Å². The monoisotopic (exact) mass is 312 g/mol. The fourth-order valence-electron chi connectivity index (χ4n) is 2.36. The van der Waals surface area contributed by atoms with Crippen molar-refractivity contribution in [1.29, 1.82) is 0 Å². The van der Waals surface area contributed by atoms with Crippen LogP contribution in [0.3, 0.4) is 0 Å². The molecule has 0 aliphatic rings. The second-order valence-corrected chi connectivity index (χ2v) is 5.37. The highest BCUT2D eigenvalue weighted by atomic mass is 16.5. The van der Waals surface area contributed by atoms with Crippen molar-refractivity contribution in [2.24, 2.45) is 0 Å². The molecule has 0 aliphatic carbocycles. The summed E-state index contributed by atoms with van der Waals surface area (Å²) < 4.78 is 5.64. The van der Waals surface area contributed by atoms with E-state index >= 15 is 0 Å². The number of ether oxygens (including phenoxy) is 1. The summed E-state index contributed by atoms with van der Waals surface area (Å²) in [6.07, 6.45) is 5.33. The van der Waals surface area contributed by atoms with Crippen LogP contribution in [0, 0.1) is 0 Å². The van der Waals surface area contributed by atoms with Gasteiger partial charge < -0.3 is 9.64 Å². The molecule has 122 valence electrons. The molecule has 0 saturated heterocycles. The average molecular weight is 312 g/mol. The quantitative estimate of drug-likeness (QED) is 0.752.